The lowest BCUT2D eigenvalue weighted by Crippen LogP contribution is -2.24. The first-order chi connectivity index (χ1) is 20.7. The molecule has 0 heterocycles. The fourth-order valence-electron chi connectivity index (χ4n) is 5.71. The lowest BCUT2D eigenvalue weighted by Gasteiger charge is -2.26. The summed E-state index contributed by atoms with van der Waals surface area (Å²) < 4.78 is 16.4. The van der Waals surface area contributed by atoms with Crippen molar-refractivity contribution in [1.82, 2.24) is 0 Å². The highest BCUT2D eigenvalue weighted by molar-refractivity contribution is 5.89. The van der Waals surface area contributed by atoms with Crippen LogP contribution in [0.15, 0.2) is 60.7 Å². The summed E-state index contributed by atoms with van der Waals surface area (Å²) in [6, 6.07) is 13.5. The van der Waals surface area contributed by atoms with Crippen LogP contribution >= 0.6 is 0 Å². The number of unbranched alkanes of at least 4 members (excludes halogenated alkanes) is 3. The molecule has 1 aliphatic rings. The van der Waals surface area contributed by atoms with Crippen molar-refractivity contribution < 1.29 is 33.5 Å². The lowest BCUT2D eigenvalue weighted by atomic mass is 9.84. The van der Waals surface area contributed by atoms with Gasteiger partial charge >= 0.3 is 17.9 Å². The van der Waals surface area contributed by atoms with Crippen LogP contribution in [0.25, 0.3) is 0 Å². The minimum atomic E-state index is -0.508. The Morgan fingerprint density at radius 2 is 1.72 bits per heavy atom. The summed E-state index contributed by atoms with van der Waals surface area (Å²) in [6.07, 6.45) is 11.6. The van der Waals surface area contributed by atoms with Gasteiger partial charge in [-0.2, -0.15) is 0 Å². The molecule has 4 atom stereocenters. The van der Waals surface area contributed by atoms with Gasteiger partial charge in [0, 0.05) is 31.4 Å². The summed E-state index contributed by atoms with van der Waals surface area (Å²) in [6.45, 7) is 3.56. The van der Waals surface area contributed by atoms with Crippen LogP contribution < -0.4 is 0 Å². The van der Waals surface area contributed by atoms with Gasteiger partial charge in [0.2, 0.25) is 0 Å². The number of methoxy groups -OCH3 is 1. The molecular formula is C34H43NO8. The molecule has 0 N–H and O–H groups in total. The second kappa shape index (κ2) is 17.2. The lowest BCUT2D eigenvalue weighted by molar-refractivity contribution is -0.384. The number of carbonyl (C=O) groups is 3. The van der Waals surface area contributed by atoms with Crippen LogP contribution in [0.3, 0.4) is 0 Å². The number of allylic oxidation sites excluding steroid dienone is 2. The topological polar surface area (TPSA) is 122 Å². The zero-order valence-corrected chi connectivity index (χ0v) is 25.4. The molecule has 1 unspecified atom stereocenters. The van der Waals surface area contributed by atoms with Crippen LogP contribution in [0.4, 0.5) is 5.69 Å². The van der Waals surface area contributed by atoms with Crippen molar-refractivity contribution in [3.8, 4) is 0 Å². The normalized spacial score (nSPS) is 18.7. The van der Waals surface area contributed by atoms with Crippen molar-refractivity contribution >= 4 is 23.6 Å². The molecule has 1 aliphatic carbocycles. The average Bonchev–Trinajstić information content (AvgIpc) is 3.40. The third-order valence-corrected chi connectivity index (χ3v) is 7.96. The van der Waals surface area contributed by atoms with Crippen molar-refractivity contribution in [3.63, 3.8) is 0 Å². The fourth-order valence-corrected chi connectivity index (χ4v) is 5.71. The highest BCUT2D eigenvalue weighted by Gasteiger charge is 2.39. The van der Waals surface area contributed by atoms with Gasteiger partial charge in [0.25, 0.3) is 5.69 Å². The van der Waals surface area contributed by atoms with Gasteiger partial charge in [-0.3, -0.25) is 19.7 Å². The number of rotatable bonds is 16. The Balaban J connectivity index is 1.78. The summed E-state index contributed by atoms with van der Waals surface area (Å²) in [5.74, 6) is -0.856. The van der Waals surface area contributed by atoms with E-state index in [1.54, 1.807) is 0 Å². The maximum absolute atomic E-state index is 13.1. The van der Waals surface area contributed by atoms with Crippen LogP contribution in [0, 0.1) is 16.0 Å². The highest BCUT2D eigenvalue weighted by atomic mass is 16.6. The van der Waals surface area contributed by atoms with Gasteiger partial charge in [0.1, 0.15) is 12.2 Å². The Kier molecular flexibility index (Phi) is 13.4. The Labute approximate surface area is 253 Å². The molecular weight excluding hydrogens is 550 g/mol. The second-order valence-corrected chi connectivity index (χ2v) is 11.0. The maximum atomic E-state index is 13.1. The predicted molar refractivity (Wildman–Crippen MR) is 162 cm³/mol. The molecule has 0 radical (unpaired) electrons. The molecule has 2 aromatic carbocycles. The van der Waals surface area contributed by atoms with E-state index in [0.717, 1.165) is 62.5 Å². The summed E-state index contributed by atoms with van der Waals surface area (Å²) in [7, 11) is 1.39. The predicted octanol–water partition coefficient (Wildman–Crippen LogP) is 7.79. The number of benzene rings is 2. The number of nitro benzene ring substituents is 1. The largest absolute Gasteiger partial charge is 0.469 e. The van der Waals surface area contributed by atoms with Crippen molar-refractivity contribution in [2.24, 2.45) is 5.92 Å². The van der Waals surface area contributed by atoms with Crippen molar-refractivity contribution in [1.29, 1.82) is 0 Å². The van der Waals surface area contributed by atoms with Crippen LogP contribution in [0.5, 0.6) is 0 Å². The summed E-state index contributed by atoms with van der Waals surface area (Å²) in [5.41, 5.74) is 2.16. The Bertz CT molecular complexity index is 1240. The molecule has 0 aliphatic heterocycles. The molecule has 0 spiro atoms. The summed E-state index contributed by atoms with van der Waals surface area (Å²) in [4.78, 5) is 46.7. The van der Waals surface area contributed by atoms with E-state index < -0.39 is 10.9 Å². The van der Waals surface area contributed by atoms with Gasteiger partial charge in [0.05, 0.1) is 17.6 Å². The number of hydrogen-bond donors (Lipinski definition) is 0. The molecule has 9 nitrogen and oxygen atoms in total. The molecule has 1 fully saturated rings. The number of non-ortho nitro benzene ring substituents is 1. The van der Waals surface area contributed by atoms with E-state index in [2.05, 4.69) is 19.1 Å². The van der Waals surface area contributed by atoms with Gasteiger partial charge in [-0.05, 0) is 74.1 Å². The Hall–Kier alpha value is -4.01. The molecule has 3 rings (SSSR count). The molecule has 0 amide bonds. The molecule has 43 heavy (non-hydrogen) atoms. The summed E-state index contributed by atoms with van der Waals surface area (Å²) in [5, 5.41) is 11.0. The van der Waals surface area contributed by atoms with Gasteiger partial charge in [-0.1, -0.05) is 56.2 Å². The van der Waals surface area contributed by atoms with Crippen LogP contribution in [-0.4, -0.2) is 36.0 Å². The smallest absolute Gasteiger partial charge is 0.338 e. The van der Waals surface area contributed by atoms with E-state index in [0.29, 0.717) is 12.8 Å². The number of ether oxygens (including phenoxy) is 3. The first kappa shape index (κ1) is 33.5. The van der Waals surface area contributed by atoms with E-state index in [1.165, 1.54) is 38.3 Å². The van der Waals surface area contributed by atoms with Gasteiger partial charge in [0.15, 0.2) is 0 Å². The van der Waals surface area contributed by atoms with Crippen molar-refractivity contribution in [2.75, 3.05) is 7.11 Å². The zero-order chi connectivity index (χ0) is 31.2. The average molecular weight is 594 g/mol. The number of esters is 3. The maximum Gasteiger partial charge on any atom is 0.338 e. The molecule has 232 valence electrons. The molecule has 0 saturated heterocycles. The van der Waals surface area contributed by atoms with E-state index in [9.17, 15) is 24.5 Å². The van der Waals surface area contributed by atoms with E-state index in [4.69, 9.17) is 14.2 Å². The van der Waals surface area contributed by atoms with Gasteiger partial charge < -0.3 is 14.2 Å². The fraction of sp³-hybridized carbons (Fsp3) is 0.500. The standard InChI is InChI=1S/C34H43NO8/c1-4-5-8-12-30(42-24(2)36)25-14-16-27(17-15-25)33-26(11-9-6-7-10-13-32(37)41-3)20-23-31(33)43-34(38)28-18-21-29(22-19-28)35(39)40/h6,9,14-19,21-22,26,30-31,33H,4-5,7-8,10-13,20,23H2,1-3H3/t26-,30?,31+,33-/m0/s1. The first-order valence-electron chi connectivity index (χ1n) is 15.2. The van der Waals surface area contributed by atoms with Crippen molar-refractivity contribution in [2.45, 2.75) is 96.2 Å². The van der Waals surface area contributed by atoms with Crippen LogP contribution in [0.2, 0.25) is 0 Å². The SMILES string of the molecule is CCCCCC(OC(C)=O)c1ccc([C@@H]2[C@@H](CC=CCCCC(=O)OC)CC[C@H]2OC(=O)c2ccc([N+](=O)[O-])cc2)cc1. The minimum Gasteiger partial charge on any atom is -0.469 e. The Morgan fingerprint density at radius 1 is 1.00 bits per heavy atom. The number of hydrogen-bond acceptors (Lipinski definition) is 8. The highest BCUT2D eigenvalue weighted by Crippen LogP contribution is 2.44. The van der Waals surface area contributed by atoms with Crippen LogP contribution in [0.1, 0.15) is 112 Å². The van der Waals surface area contributed by atoms with Gasteiger partial charge in [-0.15, -0.1) is 0 Å². The Morgan fingerprint density at radius 3 is 2.35 bits per heavy atom. The van der Waals surface area contributed by atoms with Gasteiger partial charge in [-0.25, -0.2) is 4.79 Å². The summed E-state index contributed by atoms with van der Waals surface area (Å²) >= 11 is 0. The number of nitrogens with zero attached hydrogens (tertiary/aromatic N) is 1. The first-order valence-corrected chi connectivity index (χ1v) is 15.2. The third-order valence-electron chi connectivity index (χ3n) is 7.96. The molecule has 1 saturated carbocycles. The third kappa shape index (κ3) is 10.3. The zero-order valence-electron chi connectivity index (χ0n) is 25.4. The number of nitro groups is 1. The molecule has 2 aromatic rings. The number of carbonyl (C=O) groups excluding carboxylic acids is 3. The van der Waals surface area contributed by atoms with Crippen molar-refractivity contribution in [3.05, 3.63) is 87.5 Å². The van der Waals surface area contributed by atoms with E-state index in [-0.39, 0.29) is 47.2 Å². The quantitative estimate of drug-likeness (QED) is 0.0483. The van der Waals surface area contributed by atoms with Crippen LogP contribution in [-0.2, 0) is 23.8 Å². The molecule has 0 bridgehead atoms. The minimum absolute atomic E-state index is 0.0527. The monoisotopic (exact) mass is 593 g/mol. The molecule has 9 heteroatoms. The van der Waals surface area contributed by atoms with E-state index in [1.807, 2.05) is 24.3 Å². The second-order valence-electron chi connectivity index (χ2n) is 11.0. The molecule has 0 aromatic heterocycles. The van der Waals surface area contributed by atoms with E-state index >= 15 is 0 Å².